The fraction of sp³-hybridized carbons (Fsp3) is 0.444. The minimum absolute atomic E-state index is 0.0946. The average Bonchev–Trinajstić information content (AvgIpc) is 2.86. The van der Waals surface area contributed by atoms with E-state index in [4.69, 9.17) is 22.1 Å². The van der Waals surface area contributed by atoms with Crippen LogP contribution in [0.5, 0.6) is 0 Å². The molecule has 1 aromatic carbocycles. The Labute approximate surface area is 161 Å². The number of hydrogen-bond acceptors (Lipinski definition) is 6. The molecule has 0 radical (unpaired) electrons. The number of anilines is 2. The number of aryl methyl sites for hydroxylation is 1. The van der Waals surface area contributed by atoms with Gasteiger partial charge in [-0.2, -0.15) is 4.98 Å². The Balaban J connectivity index is 2.00. The molecule has 2 aromatic rings. The quantitative estimate of drug-likeness (QED) is 0.857. The Morgan fingerprint density at radius 3 is 2.88 bits per heavy atom. The molecule has 0 amide bonds. The number of ether oxygens (including phenoxy) is 1. The van der Waals surface area contributed by atoms with E-state index in [1.807, 2.05) is 32.0 Å². The second kappa shape index (κ2) is 8.33. The molecule has 1 aliphatic rings. The molecule has 2 N–H and O–H groups in total. The molecule has 0 bridgehead atoms. The number of halogens is 1. The van der Waals surface area contributed by atoms with E-state index >= 15 is 0 Å². The summed E-state index contributed by atoms with van der Waals surface area (Å²) in [6.07, 6.45) is 0.884. The molecule has 1 fully saturated rings. The van der Waals surface area contributed by atoms with Gasteiger partial charge in [0.15, 0.2) is 0 Å². The van der Waals surface area contributed by atoms with Crippen LogP contribution in [-0.2, 0) is 15.5 Å². The van der Waals surface area contributed by atoms with E-state index in [1.165, 1.54) is 0 Å². The van der Waals surface area contributed by atoms with Crippen molar-refractivity contribution in [2.24, 2.45) is 0 Å². The zero-order valence-electron chi connectivity index (χ0n) is 14.9. The van der Waals surface area contributed by atoms with Crippen LogP contribution < -0.4 is 10.6 Å². The predicted molar refractivity (Wildman–Crippen MR) is 105 cm³/mol. The maximum absolute atomic E-state index is 12.1. The van der Waals surface area contributed by atoms with Crippen molar-refractivity contribution in [3.8, 4) is 0 Å². The Bertz CT molecular complexity index is 798. The van der Waals surface area contributed by atoms with E-state index in [0.29, 0.717) is 24.0 Å². The molecule has 1 saturated heterocycles. The second-order valence-corrected chi connectivity index (χ2v) is 8.33. The first-order valence-electron chi connectivity index (χ1n) is 8.63. The Morgan fingerprint density at radius 1 is 1.38 bits per heavy atom. The average molecular weight is 395 g/mol. The van der Waals surface area contributed by atoms with E-state index < -0.39 is 10.8 Å². The molecule has 0 aliphatic carbocycles. The van der Waals surface area contributed by atoms with Gasteiger partial charge in [0.05, 0.1) is 23.4 Å². The van der Waals surface area contributed by atoms with Gasteiger partial charge >= 0.3 is 0 Å². The van der Waals surface area contributed by atoms with Crippen molar-refractivity contribution < 1.29 is 8.95 Å². The molecule has 0 saturated carbocycles. The van der Waals surface area contributed by atoms with Gasteiger partial charge in [-0.25, -0.2) is 4.98 Å². The topological polar surface area (TPSA) is 81.3 Å². The number of rotatable bonds is 4. The lowest BCUT2D eigenvalue weighted by molar-refractivity contribution is 0.134. The van der Waals surface area contributed by atoms with Gasteiger partial charge in [0, 0.05) is 40.6 Å². The molecule has 3 rings (SSSR count). The summed E-state index contributed by atoms with van der Waals surface area (Å²) in [6.45, 7) is 5.74. The zero-order chi connectivity index (χ0) is 18.7. The number of nitrogens with two attached hydrogens (primary N) is 1. The number of nitrogens with zero attached hydrogens (tertiary/aromatic N) is 3. The lowest BCUT2D eigenvalue weighted by Crippen LogP contribution is -2.32. The second-order valence-electron chi connectivity index (χ2n) is 6.18. The summed E-state index contributed by atoms with van der Waals surface area (Å²) in [5, 5.41) is 0.587. The fourth-order valence-corrected chi connectivity index (χ4v) is 4.29. The van der Waals surface area contributed by atoms with Crippen molar-refractivity contribution in [2.45, 2.75) is 31.2 Å². The number of nitrogen functional groups attached to an aromatic ring is 1. The van der Waals surface area contributed by atoms with Gasteiger partial charge < -0.3 is 15.4 Å². The highest BCUT2D eigenvalue weighted by atomic mass is 35.5. The molecule has 2 unspecified atom stereocenters. The number of aromatic nitrogens is 2. The Morgan fingerprint density at radius 2 is 2.19 bits per heavy atom. The maximum atomic E-state index is 12.1. The van der Waals surface area contributed by atoms with Gasteiger partial charge in [-0.15, -0.1) is 0 Å². The minimum Gasteiger partial charge on any atom is -0.379 e. The van der Waals surface area contributed by atoms with Crippen molar-refractivity contribution in [1.82, 2.24) is 9.97 Å². The summed E-state index contributed by atoms with van der Waals surface area (Å²) < 4.78 is 17.8. The van der Waals surface area contributed by atoms with E-state index in [-0.39, 0.29) is 12.0 Å². The van der Waals surface area contributed by atoms with Crippen molar-refractivity contribution in [1.29, 1.82) is 0 Å². The van der Waals surface area contributed by atoms with Crippen LogP contribution >= 0.6 is 11.6 Å². The van der Waals surface area contributed by atoms with Crippen molar-refractivity contribution >= 4 is 34.2 Å². The Kier molecular flexibility index (Phi) is 6.11. The normalized spacial score (nSPS) is 19.2. The van der Waals surface area contributed by atoms with Crippen molar-refractivity contribution in [2.75, 3.05) is 36.1 Å². The summed E-state index contributed by atoms with van der Waals surface area (Å²) in [5.41, 5.74) is 7.59. The molecule has 140 valence electrons. The molecular formula is C18H23ClN4O2S. The fourth-order valence-electron chi connectivity index (χ4n) is 3.12. The Hall–Kier alpha value is -1.70. The maximum Gasteiger partial charge on any atom is 0.222 e. The van der Waals surface area contributed by atoms with Crippen LogP contribution in [-0.4, -0.2) is 39.7 Å². The van der Waals surface area contributed by atoms with Gasteiger partial charge in [0.1, 0.15) is 5.82 Å². The molecule has 1 aromatic heterocycles. The van der Waals surface area contributed by atoms with E-state index in [9.17, 15) is 4.21 Å². The van der Waals surface area contributed by atoms with Crippen LogP contribution in [0.25, 0.3) is 0 Å². The first-order chi connectivity index (χ1) is 12.5. The van der Waals surface area contributed by atoms with E-state index in [0.717, 1.165) is 34.9 Å². The minimum atomic E-state index is -1.03. The third-order valence-corrected chi connectivity index (χ3v) is 5.98. The van der Waals surface area contributed by atoms with Crippen LogP contribution in [0.1, 0.15) is 30.6 Å². The van der Waals surface area contributed by atoms with Crippen LogP contribution in [0.4, 0.5) is 11.8 Å². The third-order valence-electron chi connectivity index (χ3n) is 4.35. The monoisotopic (exact) mass is 394 g/mol. The van der Waals surface area contributed by atoms with Crippen LogP contribution in [0.2, 0.25) is 5.02 Å². The molecule has 6 nitrogen and oxygen atoms in total. The molecular weight excluding hydrogens is 372 g/mol. The summed E-state index contributed by atoms with van der Waals surface area (Å²) in [6, 6.07) is 7.43. The summed E-state index contributed by atoms with van der Waals surface area (Å²) in [5.74, 6) is 1.58. The van der Waals surface area contributed by atoms with Crippen molar-refractivity contribution in [3.05, 3.63) is 40.5 Å². The molecule has 8 heteroatoms. The van der Waals surface area contributed by atoms with Gasteiger partial charge in [0.2, 0.25) is 5.95 Å². The summed E-state index contributed by atoms with van der Waals surface area (Å²) in [7, 11) is -1.03. The first kappa shape index (κ1) is 19.1. The SMILES string of the molecule is CCS(=O)c1ccc(C2COCCCN2c2cc(C)nc(N)n2)c(Cl)c1. The summed E-state index contributed by atoms with van der Waals surface area (Å²) in [4.78, 5) is 11.5. The van der Waals surface area contributed by atoms with Gasteiger partial charge in [0.25, 0.3) is 0 Å². The molecule has 26 heavy (non-hydrogen) atoms. The predicted octanol–water partition coefficient (Wildman–Crippen LogP) is 3.12. The highest BCUT2D eigenvalue weighted by Gasteiger charge is 2.27. The van der Waals surface area contributed by atoms with E-state index in [2.05, 4.69) is 14.9 Å². The number of benzene rings is 1. The van der Waals surface area contributed by atoms with Crippen molar-refractivity contribution in [3.63, 3.8) is 0 Å². The third kappa shape index (κ3) is 4.16. The lowest BCUT2D eigenvalue weighted by Gasteiger charge is -2.31. The number of hydrogen-bond donors (Lipinski definition) is 1. The smallest absolute Gasteiger partial charge is 0.222 e. The molecule has 1 aliphatic heterocycles. The largest absolute Gasteiger partial charge is 0.379 e. The molecule has 2 atom stereocenters. The van der Waals surface area contributed by atoms with Gasteiger partial charge in [-0.3, -0.25) is 4.21 Å². The molecule has 0 spiro atoms. The zero-order valence-corrected chi connectivity index (χ0v) is 16.5. The van der Waals surface area contributed by atoms with Crippen LogP contribution in [0.3, 0.4) is 0 Å². The highest BCUT2D eigenvalue weighted by molar-refractivity contribution is 7.85. The van der Waals surface area contributed by atoms with Gasteiger partial charge in [-0.05, 0) is 31.0 Å². The highest BCUT2D eigenvalue weighted by Crippen LogP contribution is 2.34. The lowest BCUT2D eigenvalue weighted by atomic mass is 10.1. The first-order valence-corrected chi connectivity index (χ1v) is 10.3. The van der Waals surface area contributed by atoms with Crippen LogP contribution in [0, 0.1) is 6.92 Å². The van der Waals surface area contributed by atoms with E-state index in [1.54, 1.807) is 6.07 Å². The van der Waals surface area contributed by atoms with Gasteiger partial charge in [-0.1, -0.05) is 24.6 Å². The molecule has 2 heterocycles. The standard InChI is InChI=1S/C18H23ClN4O2S/c1-3-26(24)13-5-6-14(15(19)10-13)16-11-25-8-4-7-23(16)17-9-12(2)21-18(20)22-17/h5-6,9-10,16H,3-4,7-8,11H2,1-2H3,(H2,20,21,22). The summed E-state index contributed by atoms with van der Waals surface area (Å²) >= 11 is 6.56. The van der Waals surface area contributed by atoms with Crippen LogP contribution in [0.15, 0.2) is 29.2 Å².